The van der Waals surface area contributed by atoms with Crippen molar-refractivity contribution in [3.8, 4) is 11.5 Å². The van der Waals surface area contributed by atoms with Gasteiger partial charge >= 0.3 is 0 Å². The summed E-state index contributed by atoms with van der Waals surface area (Å²) in [5, 5.41) is 4.36. The quantitative estimate of drug-likeness (QED) is 0.449. The third-order valence-electron chi connectivity index (χ3n) is 3.17. The van der Waals surface area contributed by atoms with Crippen LogP contribution in [-0.4, -0.2) is 25.3 Å². The molecule has 0 heterocycles. The number of nitrogen functional groups attached to an aromatic ring is 1. The molecule has 2 rings (SSSR count). The Balaban J connectivity index is 2.12. The van der Waals surface area contributed by atoms with Crippen molar-refractivity contribution in [1.82, 2.24) is 5.43 Å². The number of halogens is 1. The van der Waals surface area contributed by atoms with Crippen LogP contribution in [0, 0.1) is 0 Å². The number of amides is 1. The Morgan fingerprint density at radius 3 is 2.52 bits per heavy atom. The third kappa shape index (κ3) is 5.12. The predicted molar refractivity (Wildman–Crippen MR) is 99.7 cm³/mol. The van der Waals surface area contributed by atoms with Gasteiger partial charge in [0.25, 0.3) is 5.91 Å². The number of anilines is 1. The van der Waals surface area contributed by atoms with Gasteiger partial charge in [-0.3, -0.25) is 4.79 Å². The van der Waals surface area contributed by atoms with Crippen LogP contribution in [0.15, 0.2) is 41.5 Å². The van der Waals surface area contributed by atoms with E-state index in [0.29, 0.717) is 46.5 Å². The second-order valence-corrected chi connectivity index (χ2v) is 5.42. The molecule has 132 valence electrons. The van der Waals surface area contributed by atoms with Crippen molar-refractivity contribution in [3.05, 3.63) is 52.5 Å². The number of nitrogens with one attached hydrogen (secondary N) is 1. The Bertz CT molecular complexity index is 761. The van der Waals surface area contributed by atoms with Crippen LogP contribution in [0.25, 0.3) is 0 Å². The van der Waals surface area contributed by atoms with Gasteiger partial charge in [-0.2, -0.15) is 5.10 Å². The molecule has 0 saturated heterocycles. The Kier molecular flexibility index (Phi) is 6.65. The average Bonchev–Trinajstić information content (AvgIpc) is 2.59. The minimum absolute atomic E-state index is 0.335. The van der Waals surface area contributed by atoms with Crippen molar-refractivity contribution in [2.45, 2.75) is 13.8 Å². The number of carbonyl (C=O) groups is 1. The number of hydrogen-bond acceptors (Lipinski definition) is 5. The molecule has 7 heteroatoms. The number of hydrazone groups is 1. The molecule has 0 fully saturated rings. The zero-order chi connectivity index (χ0) is 18.2. The topological polar surface area (TPSA) is 85.9 Å². The fourth-order valence-corrected chi connectivity index (χ4v) is 2.35. The van der Waals surface area contributed by atoms with Gasteiger partial charge in [0.2, 0.25) is 0 Å². The number of nitrogens with two attached hydrogens (primary N) is 1. The molecule has 1 amide bonds. The van der Waals surface area contributed by atoms with E-state index in [4.69, 9.17) is 26.8 Å². The maximum atomic E-state index is 12.0. The summed E-state index contributed by atoms with van der Waals surface area (Å²) in [6.45, 7) is 4.70. The Morgan fingerprint density at radius 1 is 1.20 bits per heavy atom. The second kappa shape index (κ2) is 8.94. The monoisotopic (exact) mass is 361 g/mol. The SMILES string of the molecule is CCOc1cc(/C=N\NC(=O)c2ccc(N)cc2)cc(Cl)c1OCC. The van der Waals surface area contributed by atoms with Gasteiger partial charge in [0.05, 0.1) is 24.5 Å². The molecule has 6 nitrogen and oxygen atoms in total. The van der Waals surface area contributed by atoms with Crippen LogP contribution in [0.5, 0.6) is 11.5 Å². The largest absolute Gasteiger partial charge is 0.490 e. The van der Waals surface area contributed by atoms with Crippen LogP contribution in [0.3, 0.4) is 0 Å². The van der Waals surface area contributed by atoms with E-state index in [9.17, 15) is 4.79 Å². The van der Waals surface area contributed by atoms with Gasteiger partial charge in [0.15, 0.2) is 11.5 Å². The number of hydrogen-bond donors (Lipinski definition) is 2. The standard InChI is InChI=1S/C18H20ClN3O3/c1-3-24-16-10-12(9-15(19)17(16)25-4-2)11-21-22-18(23)13-5-7-14(20)8-6-13/h5-11H,3-4,20H2,1-2H3,(H,22,23)/b21-11-. The molecule has 0 aliphatic carbocycles. The smallest absolute Gasteiger partial charge is 0.271 e. The van der Waals surface area contributed by atoms with Gasteiger partial charge in [0, 0.05) is 11.3 Å². The molecule has 0 aromatic heterocycles. The van der Waals surface area contributed by atoms with Crippen molar-refractivity contribution in [2.75, 3.05) is 18.9 Å². The van der Waals surface area contributed by atoms with Crippen LogP contribution >= 0.6 is 11.6 Å². The lowest BCUT2D eigenvalue weighted by Gasteiger charge is -2.13. The first kappa shape index (κ1) is 18.6. The molecule has 0 radical (unpaired) electrons. The Morgan fingerprint density at radius 2 is 1.88 bits per heavy atom. The molecule has 0 atom stereocenters. The van der Waals surface area contributed by atoms with Gasteiger partial charge in [-0.05, 0) is 55.8 Å². The number of ether oxygens (including phenoxy) is 2. The summed E-state index contributed by atoms with van der Waals surface area (Å²) in [5.74, 6) is 0.690. The molecule has 0 saturated carbocycles. The summed E-state index contributed by atoms with van der Waals surface area (Å²) in [6.07, 6.45) is 1.49. The van der Waals surface area contributed by atoms with Gasteiger partial charge < -0.3 is 15.2 Å². The molecule has 3 N–H and O–H groups in total. The number of nitrogens with zero attached hydrogens (tertiary/aromatic N) is 1. The number of carbonyl (C=O) groups excluding carboxylic acids is 1. The highest BCUT2D eigenvalue weighted by molar-refractivity contribution is 6.32. The van der Waals surface area contributed by atoms with E-state index in [1.165, 1.54) is 6.21 Å². The summed E-state index contributed by atoms with van der Waals surface area (Å²) in [5.41, 5.74) is 9.78. The van der Waals surface area contributed by atoms with E-state index in [0.717, 1.165) is 0 Å². The van der Waals surface area contributed by atoms with Crippen LogP contribution in [-0.2, 0) is 0 Å². The van der Waals surface area contributed by atoms with Crippen molar-refractivity contribution in [2.24, 2.45) is 5.10 Å². The van der Waals surface area contributed by atoms with E-state index in [-0.39, 0.29) is 5.91 Å². The first-order chi connectivity index (χ1) is 12.0. The summed E-state index contributed by atoms with van der Waals surface area (Å²) in [6, 6.07) is 9.99. The molecule has 0 aliphatic heterocycles. The fourth-order valence-electron chi connectivity index (χ4n) is 2.07. The molecule has 0 unspecified atom stereocenters. The number of rotatable bonds is 7. The van der Waals surface area contributed by atoms with Crippen molar-refractivity contribution in [1.29, 1.82) is 0 Å². The second-order valence-electron chi connectivity index (χ2n) is 5.02. The normalized spacial score (nSPS) is 10.7. The lowest BCUT2D eigenvalue weighted by atomic mass is 10.2. The van der Waals surface area contributed by atoms with Crippen LogP contribution in [0.4, 0.5) is 5.69 Å². The van der Waals surface area contributed by atoms with E-state index >= 15 is 0 Å². The molecule has 0 bridgehead atoms. The Hall–Kier alpha value is -2.73. The molecular weight excluding hydrogens is 342 g/mol. The third-order valence-corrected chi connectivity index (χ3v) is 3.45. The van der Waals surface area contributed by atoms with Crippen LogP contribution < -0.4 is 20.6 Å². The van der Waals surface area contributed by atoms with E-state index < -0.39 is 0 Å². The Labute approximate surface area is 151 Å². The fraction of sp³-hybridized carbons (Fsp3) is 0.222. The lowest BCUT2D eigenvalue weighted by molar-refractivity contribution is 0.0955. The average molecular weight is 362 g/mol. The van der Waals surface area contributed by atoms with E-state index in [1.54, 1.807) is 36.4 Å². The molecule has 2 aromatic carbocycles. The van der Waals surface area contributed by atoms with Gasteiger partial charge in [-0.25, -0.2) is 5.43 Å². The highest BCUT2D eigenvalue weighted by Gasteiger charge is 2.11. The zero-order valence-electron chi connectivity index (χ0n) is 14.1. The maximum absolute atomic E-state index is 12.0. The minimum Gasteiger partial charge on any atom is -0.490 e. The van der Waals surface area contributed by atoms with Gasteiger partial charge in [-0.1, -0.05) is 11.6 Å². The van der Waals surface area contributed by atoms with E-state index in [1.807, 2.05) is 13.8 Å². The van der Waals surface area contributed by atoms with Crippen molar-refractivity contribution in [3.63, 3.8) is 0 Å². The van der Waals surface area contributed by atoms with E-state index in [2.05, 4.69) is 10.5 Å². The zero-order valence-corrected chi connectivity index (χ0v) is 14.8. The number of benzene rings is 2. The summed E-state index contributed by atoms with van der Waals surface area (Å²) < 4.78 is 11.1. The van der Waals surface area contributed by atoms with Crippen LogP contribution in [0.1, 0.15) is 29.8 Å². The van der Waals surface area contributed by atoms with Gasteiger partial charge in [-0.15, -0.1) is 0 Å². The molecular formula is C18H20ClN3O3. The molecule has 0 spiro atoms. The molecule has 0 aliphatic rings. The summed E-state index contributed by atoms with van der Waals surface area (Å²) in [4.78, 5) is 12.0. The first-order valence-corrected chi connectivity index (χ1v) is 8.21. The van der Waals surface area contributed by atoms with Crippen LogP contribution in [0.2, 0.25) is 5.02 Å². The highest BCUT2D eigenvalue weighted by Crippen LogP contribution is 2.36. The summed E-state index contributed by atoms with van der Waals surface area (Å²) in [7, 11) is 0. The minimum atomic E-state index is -0.335. The lowest BCUT2D eigenvalue weighted by Crippen LogP contribution is -2.17. The first-order valence-electron chi connectivity index (χ1n) is 7.83. The molecule has 25 heavy (non-hydrogen) atoms. The predicted octanol–water partition coefficient (Wildman–Crippen LogP) is 3.48. The summed E-state index contributed by atoms with van der Waals surface area (Å²) >= 11 is 6.24. The van der Waals surface area contributed by atoms with Gasteiger partial charge in [0.1, 0.15) is 0 Å². The van der Waals surface area contributed by atoms with Crippen molar-refractivity contribution >= 4 is 29.4 Å². The maximum Gasteiger partial charge on any atom is 0.271 e. The highest BCUT2D eigenvalue weighted by atomic mass is 35.5. The molecule has 2 aromatic rings. The van der Waals surface area contributed by atoms with Crippen molar-refractivity contribution < 1.29 is 14.3 Å².